The largest absolute Gasteiger partial charge is 0.454 e. The molecule has 0 saturated carbocycles. The van der Waals surface area contributed by atoms with Gasteiger partial charge in [0.1, 0.15) is 17.2 Å². The number of ether oxygens (including phenoxy) is 2. The number of halogens is 2. The van der Waals surface area contributed by atoms with Crippen LogP contribution in [0.2, 0.25) is 0 Å². The van der Waals surface area contributed by atoms with Crippen LogP contribution in [0.4, 0.5) is 14.5 Å². The number of pyridine rings is 1. The van der Waals surface area contributed by atoms with E-state index in [1.54, 1.807) is 13.2 Å². The molecule has 0 unspecified atom stereocenters. The molecule has 0 aliphatic carbocycles. The molecule has 3 aromatic carbocycles. The van der Waals surface area contributed by atoms with Crippen LogP contribution in [0.1, 0.15) is 16.7 Å². The predicted molar refractivity (Wildman–Crippen MR) is 146 cm³/mol. The standard InChI is InChI=1S/C31H25F2N3O3/c1-18-5-3-4-6-25(18)36-15-20-14-35(10-9-19-7-8-26-27(11-19)39-17-38-26)29-22(12-21(32)13-24(29)33)23-16-34(2)31(37)30(36)28(20)23/h3-8,11-13,15-16H,9-10,14,17H2,1-2H3. The van der Waals surface area contributed by atoms with E-state index in [2.05, 4.69) is 0 Å². The van der Waals surface area contributed by atoms with E-state index in [0.717, 1.165) is 33.8 Å². The Bertz CT molecular complexity index is 1860. The summed E-state index contributed by atoms with van der Waals surface area (Å²) in [5.74, 6) is 0.106. The number of aryl methyl sites for hydroxylation is 2. The van der Waals surface area contributed by atoms with Crippen molar-refractivity contribution in [3.8, 4) is 28.3 Å². The maximum Gasteiger partial charge on any atom is 0.275 e. The summed E-state index contributed by atoms with van der Waals surface area (Å²) < 4.78 is 44.6. The third-order valence-electron chi connectivity index (χ3n) is 7.68. The molecule has 7 rings (SSSR count). The highest BCUT2D eigenvalue weighted by Crippen LogP contribution is 2.43. The van der Waals surface area contributed by atoms with Gasteiger partial charge in [0.2, 0.25) is 6.79 Å². The first-order valence-electron chi connectivity index (χ1n) is 12.8. The number of para-hydroxylation sites is 1. The lowest BCUT2D eigenvalue weighted by Crippen LogP contribution is -2.26. The first kappa shape index (κ1) is 23.5. The van der Waals surface area contributed by atoms with Crippen LogP contribution in [0.5, 0.6) is 11.5 Å². The fourth-order valence-electron chi connectivity index (χ4n) is 5.83. The first-order valence-corrected chi connectivity index (χ1v) is 12.8. The van der Waals surface area contributed by atoms with E-state index in [4.69, 9.17) is 9.47 Å². The van der Waals surface area contributed by atoms with Gasteiger partial charge in [-0.1, -0.05) is 24.3 Å². The van der Waals surface area contributed by atoms with E-state index in [0.29, 0.717) is 53.3 Å². The Hall–Kier alpha value is -4.59. The van der Waals surface area contributed by atoms with Crippen molar-refractivity contribution in [1.82, 2.24) is 9.13 Å². The molecule has 0 spiro atoms. The predicted octanol–water partition coefficient (Wildman–Crippen LogP) is 5.87. The maximum absolute atomic E-state index is 15.6. The Labute approximate surface area is 223 Å². The van der Waals surface area contributed by atoms with Crippen molar-refractivity contribution in [2.45, 2.75) is 19.9 Å². The van der Waals surface area contributed by atoms with Crippen molar-refractivity contribution in [2.75, 3.05) is 18.2 Å². The molecule has 0 fully saturated rings. The summed E-state index contributed by atoms with van der Waals surface area (Å²) >= 11 is 0. The zero-order chi connectivity index (χ0) is 26.8. The van der Waals surface area contributed by atoms with Gasteiger partial charge < -0.3 is 23.5 Å². The first-order chi connectivity index (χ1) is 18.9. The smallest absolute Gasteiger partial charge is 0.275 e. The zero-order valence-corrected chi connectivity index (χ0v) is 21.5. The van der Waals surface area contributed by atoms with Gasteiger partial charge >= 0.3 is 0 Å². The molecule has 0 amide bonds. The lowest BCUT2D eigenvalue weighted by Gasteiger charge is -2.26. The highest BCUT2D eigenvalue weighted by atomic mass is 19.1. The van der Waals surface area contributed by atoms with Gasteiger partial charge in [-0.15, -0.1) is 0 Å². The summed E-state index contributed by atoms with van der Waals surface area (Å²) in [5, 5.41) is 0.721. The van der Waals surface area contributed by atoms with Crippen LogP contribution in [-0.4, -0.2) is 22.5 Å². The molecule has 0 radical (unpaired) electrons. The minimum absolute atomic E-state index is 0.171. The summed E-state index contributed by atoms with van der Waals surface area (Å²) in [6.45, 7) is 3.02. The van der Waals surface area contributed by atoms with Gasteiger partial charge in [0.25, 0.3) is 5.56 Å². The van der Waals surface area contributed by atoms with Gasteiger partial charge in [0.15, 0.2) is 11.5 Å². The third kappa shape index (κ3) is 3.70. The van der Waals surface area contributed by atoms with Crippen molar-refractivity contribution >= 4 is 16.6 Å². The van der Waals surface area contributed by atoms with E-state index in [1.807, 2.05) is 65.1 Å². The molecule has 6 nitrogen and oxygen atoms in total. The summed E-state index contributed by atoms with van der Waals surface area (Å²) in [6.07, 6.45) is 4.26. The summed E-state index contributed by atoms with van der Waals surface area (Å²) in [5.41, 5.74) is 5.51. The van der Waals surface area contributed by atoms with Gasteiger partial charge in [-0.2, -0.15) is 0 Å². The highest BCUT2D eigenvalue weighted by molar-refractivity contribution is 6.02. The second kappa shape index (κ2) is 8.73. The third-order valence-corrected chi connectivity index (χ3v) is 7.68. The lowest BCUT2D eigenvalue weighted by molar-refractivity contribution is 0.174. The van der Waals surface area contributed by atoms with E-state index in [9.17, 15) is 9.18 Å². The molecular weight excluding hydrogens is 500 g/mol. The zero-order valence-electron chi connectivity index (χ0n) is 21.5. The number of nitrogens with zero attached hydrogens (tertiary/aromatic N) is 3. The van der Waals surface area contributed by atoms with E-state index in [-0.39, 0.29) is 12.4 Å². The van der Waals surface area contributed by atoms with Crippen LogP contribution >= 0.6 is 0 Å². The van der Waals surface area contributed by atoms with Crippen LogP contribution in [0, 0.1) is 18.6 Å². The molecule has 39 heavy (non-hydrogen) atoms. The maximum atomic E-state index is 15.6. The SMILES string of the molecule is Cc1ccccc1-n1cc2c3c(cn(C)c(=O)c31)-c1cc(F)cc(F)c1N(CCc1ccc3c(c1)OCO3)C2. The average molecular weight is 526 g/mol. The normalized spacial score (nSPS) is 13.6. The minimum Gasteiger partial charge on any atom is -0.454 e. The molecule has 4 heterocycles. The van der Waals surface area contributed by atoms with Crippen molar-refractivity contribution in [3.63, 3.8) is 0 Å². The Morgan fingerprint density at radius 2 is 1.77 bits per heavy atom. The molecule has 2 aromatic heterocycles. The molecule has 8 heteroatoms. The van der Waals surface area contributed by atoms with E-state index < -0.39 is 11.6 Å². The quantitative estimate of drug-likeness (QED) is 0.294. The molecule has 0 N–H and O–H groups in total. The molecule has 2 aliphatic rings. The summed E-state index contributed by atoms with van der Waals surface area (Å²) in [6, 6.07) is 15.9. The van der Waals surface area contributed by atoms with Crippen molar-refractivity contribution < 1.29 is 18.3 Å². The van der Waals surface area contributed by atoms with Gasteiger partial charge in [-0.3, -0.25) is 4.79 Å². The van der Waals surface area contributed by atoms with Crippen LogP contribution in [-0.2, 0) is 20.0 Å². The molecule has 5 aromatic rings. The van der Waals surface area contributed by atoms with Crippen LogP contribution in [0.3, 0.4) is 0 Å². The second-order valence-electron chi connectivity index (χ2n) is 10.1. The van der Waals surface area contributed by atoms with Crippen LogP contribution < -0.4 is 19.9 Å². The number of fused-ring (bicyclic) bond motifs is 3. The molecule has 2 aliphatic heterocycles. The Morgan fingerprint density at radius 1 is 0.949 bits per heavy atom. The monoisotopic (exact) mass is 525 g/mol. The summed E-state index contributed by atoms with van der Waals surface area (Å²) in [7, 11) is 1.67. The molecule has 196 valence electrons. The second-order valence-corrected chi connectivity index (χ2v) is 10.1. The molecule has 0 saturated heterocycles. The van der Waals surface area contributed by atoms with Gasteiger partial charge in [0.05, 0.1) is 5.69 Å². The Kier molecular flexibility index (Phi) is 5.26. The number of aromatic nitrogens is 2. The topological polar surface area (TPSA) is 48.6 Å². The Morgan fingerprint density at radius 3 is 2.62 bits per heavy atom. The van der Waals surface area contributed by atoms with Crippen LogP contribution in [0.15, 0.2) is 71.8 Å². The number of hydrogen-bond donors (Lipinski definition) is 0. The van der Waals surface area contributed by atoms with Gasteiger partial charge in [0, 0.05) is 60.8 Å². The minimum atomic E-state index is -0.661. The van der Waals surface area contributed by atoms with Crippen molar-refractivity contribution in [2.24, 2.45) is 7.05 Å². The van der Waals surface area contributed by atoms with Gasteiger partial charge in [-0.25, -0.2) is 8.78 Å². The van der Waals surface area contributed by atoms with Crippen LogP contribution in [0.25, 0.3) is 27.7 Å². The lowest BCUT2D eigenvalue weighted by atomic mass is 10.0. The molecule has 0 atom stereocenters. The molecule has 0 bridgehead atoms. The van der Waals surface area contributed by atoms with Gasteiger partial charge in [-0.05, 0) is 54.3 Å². The molecular formula is C31H25F2N3O3. The average Bonchev–Trinajstić information content (AvgIpc) is 3.50. The van der Waals surface area contributed by atoms with Crippen molar-refractivity contribution in [3.05, 3.63) is 106 Å². The number of hydrogen-bond acceptors (Lipinski definition) is 4. The van der Waals surface area contributed by atoms with E-state index >= 15 is 4.39 Å². The number of rotatable bonds is 4. The fourth-order valence-corrected chi connectivity index (χ4v) is 5.83. The summed E-state index contributed by atoms with van der Waals surface area (Å²) in [4.78, 5) is 15.5. The van der Waals surface area contributed by atoms with E-state index in [1.165, 1.54) is 10.6 Å². The number of anilines is 1. The number of benzene rings is 3. The van der Waals surface area contributed by atoms with Crippen molar-refractivity contribution in [1.29, 1.82) is 0 Å². The highest BCUT2D eigenvalue weighted by Gasteiger charge is 2.29. The fraction of sp³-hybridized carbons (Fsp3) is 0.194. The Balaban J connectivity index is 1.42.